The molecular weight excluding hydrogens is 258 g/mol. The van der Waals surface area contributed by atoms with E-state index in [4.69, 9.17) is 9.47 Å². The smallest absolute Gasteiger partial charge is 0.238 e. The van der Waals surface area contributed by atoms with Gasteiger partial charge in [0.05, 0.1) is 20.3 Å². The van der Waals surface area contributed by atoms with Crippen LogP contribution in [-0.4, -0.2) is 49.4 Å². The van der Waals surface area contributed by atoms with Crippen molar-refractivity contribution in [2.24, 2.45) is 0 Å². The number of nitriles is 1. The van der Waals surface area contributed by atoms with Gasteiger partial charge >= 0.3 is 0 Å². The Hall–Kier alpha value is -2.07. The van der Waals surface area contributed by atoms with Gasteiger partial charge in [0, 0.05) is 19.1 Å². The molecule has 2 heterocycles. The van der Waals surface area contributed by atoms with Gasteiger partial charge in [-0.2, -0.15) is 15.2 Å². The molecule has 1 saturated heterocycles. The summed E-state index contributed by atoms with van der Waals surface area (Å²) < 4.78 is 10.5. The Bertz CT molecular complexity index is 506. The monoisotopic (exact) mass is 277 g/mol. The van der Waals surface area contributed by atoms with Crippen LogP contribution in [0.15, 0.2) is 0 Å². The van der Waals surface area contributed by atoms with Crippen LogP contribution in [-0.2, 0) is 4.74 Å². The first-order chi connectivity index (χ1) is 9.65. The third-order valence-electron chi connectivity index (χ3n) is 2.89. The van der Waals surface area contributed by atoms with Crippen molar-refractivity contribution in [1.82, 2.24) is 9.97 Å². The van der Waals surface area contributed by atoms with E-state index in [1.807, 2.05) is 18.7 Å². The van der Waals surface area contributed by atoms with Crippen molar-refractivity contribution in [2.75, 3.05) is 43.6 Å². The number of hydrogen-bond acceptors (Lipinski definition) is 7. The molecule has 7 nitrogen and oxygen atoms in total. The Kier molecular flexibility index (Phi) is 4.58. The van der Waals surface area contributed by atoms with Crippen LogP contribution >= 0.6 is 0 Å². The Morgan fingerprint density at radius 1 is 1.35 bits per heavy atom. The third kappa shape index (κ3) is 3.08. The molecule has 1 fully saturated rings. The Morgan fingerprint density at radius 3 is 2.60 bits per heavy atom. The average Bonchev–Trinajstić information content (AvgIpc) is 2.46. The zero-order valence-corrected chi connectivity index (χ0v) is 12.0. The molecule has 20 heavy (non-hydrogen) atoms. The molecule has 0 saturated carbocycles. The van der Waals surface area contributed by atoms with Gasteiger partial charge in [0.1, 0.15) is 6.07 Å². The van der Waals surface area contributed by atoms with Crippen molar-refractivity contribution in [3.8, 4) is 11.9 Å². The summed E-state index contributed by atoms with van der Waals surface area (Å²) in [5.74, 6) is 1.37. The van der Waals surface area contributed by atoms with E-state index in [1.54, 1.807) is 0 Å². The molecule has 0 radical (unpaired) electrons. The number of anilines is 2. The van der Waals surface area contributed by atoms with Crippen LogP contribution in [0, 0.1) is 11.3 Å². The average molecular weight is 277 g/mol. The fourth-order valence-corrected chi connectivity index (χ4v) is 2.00. The molecule has 108 valence electrons. The maximum absolute atomic E-state index is 9.35. The number of aromatic nitrogens is 2. The van der Waals surface area contributed by atoms with Crippen LogP contribution in [0.2, 0.25) is 0 Å². The highest BCUT2D eigenvalue weighted by molar-refractivity contribution is 5.61. The predicted molar refractivity (Wildman–Crippen MR) is 75.1 cm³/mol. The Labute approximate surface area is 118 Å². The SMILES string of the molecule is COc1nc(NC(C)C)nc(N2CCOCC2)c1C#N. The molecule has 0 spiro atoms. The highest BCUT2D eigenvalue weighted by Gasteiger charge is 2.22. The number of rotatable bonds is 4. The van der Waals surface area contributed by atoms with E-state index in [-0.39, 0.29) is 6.04 Å². The van der Waals surface area contributed by atoms with Gasteiger partial charge in [-0.3, -0.25) is 0 Å². The zero-order chi connectivity index (χ0) is 14.5. The molecule has 1 aliphatic rings. The minimum atomic E-state index is 0.199. The number of nitrogens with zero attached hydrogens (tertiary/aromatic N) is 4. The summed E-state index contributed by atoms with van der Waals surface area (Å²) in [6.07, 6.45) is 0. The minimum absolute atomic E-state index is 0.199. The van der Waals surface area contributed by atoms with Gasteiger partial charge in [0.2, 0.25) is 11.8 Å². The second kappa shape index (κ2) is 6.39. The second-order valence-corrected chi connectivity index (χ2v) is 4.77. The molecule has 2 rings (SSSR count). The molecule has 7 heteroatoms. The Balaban J connectivity index is 2.42. The van der Waals surface area contributed by atoms with Gasteiger partial charge in [-0.25, -0.2) is 0 Å². The van der Waals surface area contributed by atoms with Crippen LogP contribution in [0.4, 0.5) is 11.8 Å². The molecule has 0 aliphatic carbocycles. The molecule has 0 aromatic carbocycles. The van der Waals surface area contributed by atoms with Gasteiger partial charge in [-0.1, -0.05) is 0 Å². The standard InChI is InChI=1S/C13H19N5O2/c1-9(2)15-13-16-11(18-4-6-20-7-5-18)10(8-14)12(17-13)19-3/h9H,4-7H2,1-3H3,(H,15,16,17). The molecule has 1 aliphatic heterocycles. The van der Waals surface area contributed by atoms with Crippen LogP contribution < -0.4 is 15.0 Å². The van der Waals surface area contributed by atoms with Crippen molar-refractivity contribution >= 4 is 11.8 Å². The fourth-order valence-electron chi connectivity index (χ4n) is 2.00. The summed E-state index contributed by atoms with van der Waals surface area (Å²) in [6.45, 7) is 6.67. The quantitative estimate of drug-likeness (QED) is 0.879. The fraction of sp³-hybridized carbons (Fsp3) is 0.615. The van der Waals surface area contributed by atoms with Crippen molar-refractivity contribution < 1.29 is 9.47 Å². The number of nitrogens with one attached hydrogen (secondary N) is 1. The summed E-state index contributed by atoms with van der Waals surface area (Å²) >= 11 is 0. The summed E-state index contributed by atoms with van der Waals surface area (Å²) in [5.41, 5.74) is 0.365. The summed E-state index contributed by atoms with van der Waals surface area (Å²) in [6, 6.07) is 2.33. The lowest BCUT2D eigenvalue weighted by molar-refractivity contribution is 0.122. The number of morpholine rings is 1. The number of ether oxygens (including phenoxy) is 2. The van der Waals surface area contributed by atoms with Gasteiger partial charge in [0.25, 0.3) is 0 Å². The maximum atomic E-state index is 9.35. The topological polar surface area (TPSA) is 83.3 Å². The lowest BCUT2D eigenvalue weighted by Gasteiger charge is -2.29. The van der Waals surface area contributed by atoms with Crippen LogP contribution in [0.25, 0.3) is 0 Å². The molecule has 1 aromatic heterocycles. The predicted octanol–water partition coefficient (Wildman–Crippen LogP) is 1.01. The third-order valence-corrected chi connectivity index (χ3v) is 2.89. The van der Waals surface area contributed by atoms with Gasteiger partial charge in [-0.15, -0.1) is 0 Å². The normalized spacial score (nSPS) is 15.1. The zero-order valence-electron chi connectivity index (χ0n) is 12.0. The van der Waals surface area contributed by atoms with E-state index >= 15 is 0 Å². The summed E-state index contributed by atoms with van der Waals surface area (Å²) in [4.78, 5) is 10.7. The van der Waals surface area contributed by atoms with Crippen molar-refractivity contribution in [3.05, 3.63) is 5.56 Å². The molecular formula is C13H19N5O2. The number of methoxy groups -OCH3 is 1. The van der Waals surface area contributed by atoms with Gasteiger partial charge in [-0.05, 0) is 13.8 Å². The molecule has 1 N–H and O–H groups in total. The van der Waals surface area contributed by atoms with Crippen LogP contribution in [0.5, 0.6) is 5.88 Å². The molecule has 1 aromatic rings. The lowest BCUT2D eigenvalue weighted by Crippen LogP contribution is -2.37. The van der Waals surface area contributed by atoms with E-state index in [0.717, 1.165) is 0 Å². The summed E-state index contributed by atoms with van der Waals surface area (Å²) in [7, 11) is 1.51. The van der Waals surface area contributed by atoms with Crippen molar-refractivity contribution in [2.45, 2.75) is 19.9 Å². The minimum Gasteiger partial charge on any atom is -0.480 e. The number of hydrogen-bond donors (Lipinski definition) is 1. The molecule has 0 atom stereocenters. The maximum Gasteiger partial charge on any atom is 0.238 e. The van der Waals surface area contributed by atoms with Crippen molar-refractivity contribution in [3.63, 3.8) is 0 Å². The highest BCUT2D eigenvalue weighted by Crippen LogP contribution is 2.27. The molecule has 0 unspecified atom stereocenters. The van der Waals surface area contributed by atoms with E-state index < -0.39 is 0 Å². The van der Waals surface area contributed by atoms with Crippen LogP contribution in [0.1, 0.15) is 19.4 Å². The Morgan fingerprint density at radius 2 is 2.05 bits per heavy atom. The highest BCUT2D eigenvalue weighted by atomic mass is 16.5. The van der Waals surface area contributed by atoms with Crippen LogP contribution in [0.3, 0.4) is 0 Å². The van der Waals surface area contributed by atoms with E-state index in [0.29, 0.717) is 49.5 Å². The molecule has 0 amide bonds. The summed E-state index contributed by atoms with van der Waals surface area (Å²) in [5, 5.41) is 12.5. The van der Waals surface area contributed by atoms with Gasteiger partial charge < -0.3 is 19.7 Å². The van der Waals surface area contributed by atoms with Gasteiger partial charge in [0.15, 0.2) is 11.4 Å². The van der Waals surface area contributed by atoms with E-state index in [1.165, 1.54) is 7.11 Å². The lowest BCUT2D eigenvalue weighted by atomic mass is 10.2. The first kappa shape index (κ1) is 14.3. The van der Waals surface area contributed by atoms with Crippen molar-refractivity contribution in [1.29, 1.82) is 5.26 Å². The molecule has 0 bridgehead atoms. The first-order valence-corrected chi connectivity index (χ1v) is 6.61. The largest absolute Gasteiger partial charge is 0.480 e. The first-order valence-electron chi connectivity index (χ1n) is 6.61. The second-order valence-electron chi connectivity index (χ2n) is 4.77. The van der Waals surface area contributed by atoms with E-state index in [9.17, 15) is 5.26 Å². The van der Waals surface area contributed by atoms with E-state index in [2.05, 4.69) is 21.4 Å².